The van der Waals surface area contributed by atoms with Crippen LogP contribution in [-0.2, 0) is 0 Å². The highest BCUT2D eigenvalue weighted by molar-refractivity contribution is 5.94. The van der Waals surface area contributed by atoms with Crippen LogP contribution in [0.5, 0.6) is 11.5 Å². The number of aryl methyl sites for hydroxylation is 1. The number of ether oxygens (including phenoxy) is 2. The summed E-state index contributed by atoms with van der Waals surface area (Å²) in [5.41, 5.74) is 4.72. The van der Waals surface area contributed by atoms with Gasteiger partial charge in [-0.15, -0.1) is 0 Å². The molecule has 0 amide bonds. The summed E-state index contributed by atoms with van der Waals surface area (Å²) in [4.78, 5) is 8.64. The Hall–Kier alpha value is -3.61. The minimum atomic E-state index is 0.489. The van der Waals surface area contributed by atoms with Crippen LogP contribution in [0.15, 0.2) is 53.3 Å². The van der Waals surface area contributed by atoms with Crippen molar-refractivity contribution in [2.45, 2.75) is 6.92 Å². The van der Waals surface area contributed by atoms with E-state index in [1.165, 1.54) is 11.9 Å². The predicted octanol–water partition coefficient (Wildman–Crippen LogP) is 4.35. The minimum absolute atomic E-state index is 0.489. The summed E-state index contributed by atoms with van der Waals surface area (Å²) in [6, 6.07) is 13.6. The molecule has 0 aliphatic carbocycles. The summed E-state index contributed by atoms with van der Waals surface area (Å²) < 4.78 is 16.2. The Kier molecular flexibility index (Phi) is 4.33. The molecule has 27 heavy (non-hydrogen) atoms. The summed E-state index contributed by atoms with van der Waals surface area (Å²) in [6.07, 6.45) is 1.49. The number of aromatic nitrogens is 3. The molecule has 0 aliphatic rings. The van der Waals surface area contributed by atoms with Crippen molar-refractivity contribution in [3.05, 3.63) is 54.4 Å². The third-order valence-corrected chi connectivity index (χ3v) is 4.23. The molecule has 0 saturated heterocycles. The second-order valence-electron chi connectivity index (χ2n) is 5.99. The summed E-state index contributed by atoms with van der Waals surface area (Å²) >= 11 is 0. The fourth-order valence-corrected chi connectivity index (χ4v) is 2.80. The molecule has 7 nitrogen and oxygen atoms in total. The highest BCUT2D eigenvalue weighted by Crippen LogP contribution is 2.34. The monoisotopic (exact) mass is 362 g/mol. The third kappa shape index (κ3) is 3.15. The van der Waals surface area contributed by atoms with Crippen molar-refractivity contribution in [3.63, 3.8) is 0 Å². The van der Waals surface area contributed by atoms with Crippen molar-refractivity contribution in [2.75, 3.05) is 19.5 Å². The van der Waals surface area contributed by atoms with Crippen molar-refractivity contribution < 1.29 is 14.0 Å². The lowest BCUT2D eigenvalue weighted by Gasteiger charge is -2.10. The molecule has 7 heteroatoms. The molecule has 0 radical (unpaired) electrons. The smallest absolute Gasteiger partial charge is 0.228 e. The second kappa shape index (κ2) is 6.95. The van der Waals surface area contributed by atoms with Gasteiger partial charge in [-0.05, 0) is 19.1 Å². The van der Waals surface area contributed by atoms with Gasteiger partial charge in [0.2, 0.25) is 5.58 Å². The first-order chi connectivity index (χ1) is 13.2. The summed E-state index contributed by atoms with van der Waals surface area (Å²) in [7, 11) is 3.19. The molecular weight excluding hydrogens is 344 g/mol. The van der Waals surface area contributed by atoms with E-state index in [1.807, 2.05) is 49.4 Å². The van der Waals surface area contributed by atoms with Gasteiger partial charge in [-0.25, -0.2) is 9.97 Å². The van der Waals surface area contributed by atoms with Gasteiger partial charge in [-0.2, -0.15) is 0 Å². The average molecular weight is 362 g/mol. The fourth-order valence-electron chi connectivity index (χ4n) is 2.80. The molecular formula is C20H18N4O3. The van der Waals surface area contributed by atoms with Gasteiger partial charge in [0.15, 0.2) is 17.3 Å². The van der Waals surface area contributed by atoms with Crippen LogP contribution in [0.3, 0.4) is 0 Å². The van der Waals surface area contributed by atoms with E-state index >= 15 is 0 Å². The van der Waals surface area contributed by atoms with E-state index in [0.717, 1.165) is 11.3 Å². The molecule has 0 bridgehead atoms. The zero-order valence-corrected chi connectivity index (χ0v) is 15.2. The van der Waals surface area contributed by atoms with E-state index < -0.39 is 0 Å². The SMILES string of the molecule is COc1ccc(Nc2ncnc3c(-c4ccc(C)cc4)noc23)cc1OC. The molecule has 0 saturated carbocycles. The average Bonchev–Trinajstić information content (AvgIpc) is 3.13. The fraction of sp³-hybridized carbons (Fsp3) is 0.150. The Morgan fingerprint density at radius 3 is 2.44 bits per heavy atom. The molecule has 1 N–H and O–H groups in total. The quantitative estimate of drug-likeness (QED) is 0.565. The van der Waals surface area contributed by atoms with Crippen LogP contribution in [0.4, 0.5) is 11.5 Å². The number of nitrogens with one attached hydrogen (secondary N) is 1. The van der Waals surface area contributed by atoms with E-state index in [0.29, 0.717) is 34.1 Å². The topological polar surface area (TPSA) is 82.3 Å². The minimum Gasteiger partial charge on any atom is -0.493 e. The number of anilines is 2. The lowest BCUT2D eigenvalue weighted by Crippen LogP contribution is -1.97. The van der Waals surface area contributed by atoms with Crippen molar-refractivity contribution in [1.29, 1.82) is 0 Å². The van der Waals surface area contributed by atoms with Crippen LogP contribution < -0.4 is 14.8 Å². The van der Waals surface area contributed by atoms with E-state index in [4.69, 9.17) is 14.0 Å². The maximum absolute atomic E-state index is 5.55. The molecule has 2 aromatic heterocycles. The van der Waals surface area contributed by atoms with Gasteiger partial charge in [-0.1, -0.05) is 35.0 Å². The van der Waals surface area contributed by atoms with Gasteiger partial charge in [0.1, 0.15) is 17.5 Å². The van der Waals surface area contributed by atoms with Gasteiger partial charge >= 0.3 is 0 Å². The van der Waals surface area contributed by atoms with E-state index in [9.17, 15) is 0 Å². The highest BCUT2D eigenvalue weighted by Gasteiger charge is 2.16. The van der Waals surface area contributed by atoms with E-state index in [-0.39, 0.29) is 0 Å². The van der Waals surface area contributed by atoms with Crippen LogP contribution >= 0.6 is 0 Å². The van der Waals surface area contributed by atoms with Crippen molar-refractivity contribution in [2.24, 2.45) is 0 Å². The Bertz CT molecular complexity index is 1090. The zero-order valence-electron chi connectivity index (χ0n) is 15.2. The number of hydrogen-bond acceptors (Lipinski definition) is 7. The Labute approximate surface area is 156 Å². The molecule has 2 heterocycles. The van der Waals surface area contributed by atoms with Gasteiger partial charge in [-0.3, -0.25) is 0 Å². The Morgan fingerprint density at radius 2 is 1.70 bits per heavy atom. The molecule has 0 atom stereocenters. The summed E-state index contributed by atoms with van der Waals surface area (Å²) in [6.45, 7) is 2.04. The van der Waals surface area contributed by atoms with Crippen molar-refractivity contribution in [3.8, 4) is 22.8 Å². The predicted molar refractivity (Wildman–Crippen MR) is 103 cm³/mol. The molecule has 0 spiro atoms. The largest absolute Gasteiger partial charge is 0.493 e. The third-order valence-electron chi connectivity index (χ3n) is 4.23. The standard InChI is InChI=1S/C20H18N4O3/c1-12-4-6-13(7-5-12)17-18-19(27-24-17)20(22-11-21-18)23-14-8-9-15(25-2)16(10-14)26-3/h4-11H,1-3H3,(H,21,22,23). The van der Waals surface area contributed by atoms with Gasteiger partial charge < -0.3 is 19.3 Å². The first-order valence-electron chi connectivity index (χ1n) is 8.36. The van der Waals surface area contributed by atoms with Crippen molar-refractivity contribution >= 4 is 22.6 Å². The van der Waals surface area contributed by atoms with Crippen LogP contribution in [0.2, 0.25) is 0 Å². The lowest BCUT2D eigenvalue weighted by atomic mass is 10.1. The van der Waals surface area contributed by atoms with Gasteiger partial charge in [0.05, 0.1) is 14.2 Å². The molecule has 0 unspecified atom stereocenters. The highest BCUT2D eigenvalue weighted by atomic mass is 16.5. The summed E-state index contributed by atoms with van der Waals surface area (Å²) in [5, 5.41) is 7.42. The molecule has 136 valence electrons. The number of rotatable bonds is 5. The maximum Gasteiger partial charge on any atom is 0.228 e. The van der Waals surface area contributed by atoms with E-state index in [1.54, 1.807) is 14.2 Å². The lowest BCUT2D eigenvalue weighted by molar-refractivity contribution is 0.355. The number of benzene rings is 2. The Morgan fingerprint density at radius 1 is 0.926 bits per heavy atom. The molecule has 4 aromatic rings. The first-order valence-corrected chi connectivity index (χ1v) is 8.36. The van der Waals surface area contributed by atoms with Crippen LogP contribution in [0.1, 0.15) is 5.56 Å². The number of nitrogens with zero attached hydrogens (tertiary/aromatic N) is 3. The summed E-state index contributed by atoms with van der Waals surface area (Å²) in [5.74, 6) is 1.79. The molecule has 4 rings (SSSR count). The van der Waals surface area contributed by atoms with Crippen LogP contribution in [0, 0.1) is 6.92 Å². The molecule has 0 aliphatic heterocycles. The molecule has 2 aromatic carbocycles. The van der Waals surface area contributed by atoms with Gasteiger partial charge in [0.25, 0.3) is 0 Å². The van der Waals surface area contributed by atoms with Crippen molar-refractivity contribution in [1.82, 2.24) is 15.1 Å². The van der Waals surface area contributed by atoms with Gasteiger partial charge in [0, 0.05) is 17.3 Å². The first kappa shape index (κ1) is 16.8. The number of hydrogen-bond donors (Lipinski definition) is 1. The maximum atomic E-state index is 5.55. The van der Waals surface area contributed by atoms with E-state index in [2.05, 4.69) is 20.4 Å². The zero-order chi connectivity index (χ0) is 18.8. The normalized spacial score (nSPS) is 10.8. The van der Waals surface area contributed by atoms with Crippen LogP contribution in [-0.4, -0.2) is 29.3 Å². The number of fused-ring (bicyclic) bond motifs is 1. The molecule has 0 fully saturated rings. The number of methoxy groups -OCH3 is 2. The Balaban J connectivity index is 1.72. The second-order valence-corrected chi connectivity index (χ2v) is 5.99. The van der Waals surface area contributed by atoms with Crippen LogP contribution in [0.25, 0.3) is 22.4 Å².